The van der Waals surface area contributed by atoms with E-state index in [1.807, 2.05) is 6.08 Å². The number of aliphatic hydroxyl groups excluding tert-OH is 3. The van der Waals surface area contributed by atoms with E-state index in [2.05, 4.69) is 43.5 Å². The first kappa shape index (κ1) is 60.6. The Kier molecular flexibility index (Phi) is 51.0. The van der Waals surface area contributed by atoms with Crippen LogP contribution in [-0.4, -0.2) is 46.1 Å². The van der Waals surface area contributed by atoms with E-state index in [0.717, 1.165) is 38.5 Å². The first-order valence-corrected chi connectivity index (χ1v) is 27.8. The molecule has 4 N–H and O–H groups in total. The standard InChI is InChI=1S/C57H109NO4/c1-3-5-7-9-11-13-15-16-17-18-19-20-21-22-23-24-25-26-27-28-29-30-31-32-33-34-35-36-37-38-39-40-41-42-44-46-48-50-52-56(61)57(62)58-54(53-59)55(60)51-49-47-45-43-14-12-10-8-6-4-2/h14,28-29,43,49,51,54-56,59-61H,3-13,15-27,30-42,44-48,50,52-53H2,1-2H3,(H,58,62)/b29-28-,43-14+,51-49+. The number of rotatable bonds is 51. The molecule has 1 amide bonds. The van der Waals surface area contributed by atoms with Crippen molar-refractivity contribution in [1.29, 1.82) is 0 Å². The smallest absolute Gasteiger partial charge is 0.249 e. The van der Waals surface area contributed by atoms with Crippen LogP contribution >= 0.6 is 0 Å². The Morgan fingerprint density at radius 1 is 0.387 bits per heavy atom. The average molecular weight is 873 g/mol. The Morgan fingerprint density at radius 2 is 0.661 bits per heavy atom. The third-order valence-corrected chi connectivity index (χ3v) is 13.0. The van der Waals surface area contributed by atoms with Crippen LogP contribution in [0.2, 0.25) is 0 Å². The summed E-state index contributed by atoms with van der Waals surface area (Å²) in [7, 11) is 0. The number of nitrogens with one attached hydrogen (secondary N) is 1. The van der Waals surface area contributed by atoms with Gasteiger partial charge in [0.25, 0.3) is 0 Å². The van der Waals surface area contributed by atoms with E-state index in [9.17, 15) is 20.1 Å². The van der Waals surface area contributed by atoms with Crippen molar-refractivity contribution in [2.45, 2.75) is 315 Å². The van der Waals surface area contributed by atoms with Crippen molar-refractivity contribution in [3.05, 3.63) is 36.5 Å². The first-order chi connectivity index (χ1) is 30.6. The van der Waals surface area contributed by atoms with Crippen molar-refractivity contribution in [2.24, 2.45) is 0 Å². The van der Waals surface area contributed by atoms with E-state index >= 15 is 0 Å². The topological polar surface area (TPSA) is 89.8 Å². The minimum atomic E-state index is -1.10. The quantitative estimate of drug-likeness (QED) is 0.0362. The van der Waals surface area contributed by atoms with Crippen LogP contribution in [0.1, 0.15) is 296 Å². The highest BCUT2D eigenvalue weighted by Gasteiger charge is 2.22. The lowest BCUT2D eigenvalue weighted by Crippen LogP contribution is -2.48. The van der Waals surface area contributed by atoms with Crippen molar-refractivity contribution in [3.8, 4) is 0 Å². The number of allylic oxidation sites excluding steroid dienone is 5. The van der Waals surface area contributed by atoms with Crippen LogP contribution < -0.4 is 5.32 Å². The van der Waals surface area contributed by atoms with Gasteiger partial charge in [-0.05, 0) is 57.8 Å². The van der Waals surface area contributed by atoms with E-state index in [1.165, 1.54) is 238 Å². The van der Waals surface area contributed by atoms with Gasteiger partial charge in [-0.2, -0.15) is 0 Å². The van der Waals surface area contributed by atoms with Crippen molar-refractivity contribution < 1.29 is 20.1 Å². The summed E-state index contributed by atoms with van der Waals surface area (Å²) in [4.78, 5) is 12.5. The molecule has 0 aromatic heterocycles. The SMILES string of the molecule is CCCCCC/C=C/CC/C=C/C(O)C(CO)NC(=O)C(O)CCCCCCCCCCCCCCCCCC/C=C\CCCCCCCCCCCCCCCCCCCC. The Morgan fingerprint density at radius 3 is 1.00 bits per heavy atom. The summed E-state index contributed by atoms with van der Waals surface area (Å²) in [5.41, 5.74) is 0. The number of hydrogen-bond acceptors (Lipinski definition) is 4. The Labute approximate surface area is 387 Å². The third-order valence-electron chi connectivity index (χ3n) is 13.0. The summed E-state index contributed by atoms with van der Waals surface area (Å²) < 4.78 is 0. The average Bonchev–Trinajstić information content (AvgIpc) is 3.28. The maximum absolute atomic E-state index is 12.5. The molecule has 0 saturated heterocycles. The van der Waals surface area contributed by atoms with Gasteiger partial charge in [0, 0.05) is 0 Å². The fourth-order valence-electron chi connectivity index (χ4n) is 8.61. The molecule has 0 spiro atoms. The molecule has 62 heavy (non-hydrogen) atoms. The second kappa shape index (κ2) is 52.2. The van der Waals surface area contributed by atoms with Crippen molar-refractivity contribution in [3.63, 3.8) is 0 Å². The molecule has 5 nitrogen and oxygen atoms in total. The van der Waals surface area contributed by atoms with Crippen LogP contribution in [0.5, 0.6) is 0 Å². The third kappa shape index (κ3) is 46.6. The van der Waals surface area contributed by atoms with E-state index < -0.39 is 24.2 Å². The minimum absolute atomic E-state index is 0.375. The van der Waals surface area contributed by atoms with Crippen LogP contribution in [0.3, 0.4) is 0 Å². The largest absolute Gasteiger partial charge is 0.394 e. The monoisotopic (exact) mass is 872 g/mol. The normalized spacial score (nSPS) is 13.6. The molecular formula is C57H109NO4. The number of aliphatic hydroxyl groups is 3. The second-order valence-corrected chi connectivity index (χ2v) is 19.1. The summed E-state index contributed by atoms with van der Waals surface area (Å²) in [6.45, 7) is 4.15. The van der Waals surface area contributed by atoms with Crippen molar-refractivity contribution >= 4 is 5.91 Å². The molecule has 0 radical (unpaired) electrons. The molecule has 0 aliphatic rings. The first-order valence-electron chi connectivity index (χ1n) is 27.8. The number of carbonyl (C=O) groups excluding carboxylic acids is 1. The number of amides is 1. The summed E-state index contributed by atoms with van der Waals surface area (Å²) in [5.74, 6) is -0.512. The Bertz CT molecular complexity index is 962. The zero-order valence-corrected chi connectivity index (χ0v) is 41.8. The zero-order valence-electron chi connectivity index (χ0n) is 41.8. The lowest BCUT2D eigenvalue weighted by molar-refractivity contribution is -0.131. The van der Waals surface area contributed by atoms with Gasteiger partial charge in [0.2, 0.25) is 5.91 Å². The van der Waals surface area contributed by atoms with Gasteiger partial charge in [-0.1, -0.05) is 275 Å². The highest BCUT2D eigenvalue weighted by atomic mass is 16.3. The van der Waals surface area contributed by atoms with Gasteiger partial charge in [0.15, 0.2) is 0 Å². The minimum Gasteiger partial charge on any atom is -0.394 e. The summed E-state index contributed by atoms with van der Waals surface area (Å²) in [5, 5.41) is 33.1. The molecule has 0 bridgehead atoms. The fourth-order valence-corrected chi connectivity index (χ4v) is 8.61. The lowest BCUT2D eigenvalue weighted by atomic mass is 10.0. The molecule has 0 aromatic rings. The highest BCUT2D eigenvalue weighted by molar-refractivity contribution is 5.80. The number of hydrogen-bond donors (Lipinski definition) is 4. The van der Waals surface area contributed by atoms with E-state index in [-0.39, 0.29) is 6.61 Å². The van der Waals surface area contributed by atoms with Crippen LogP contribution in [0, 0.1) is 0 Å². The lowest BCUT2D eigenvalue weighted by Gasteiger charge is -2.21. The molecule has 3 atom stereocenters. The molecule has 0 aromatic carbocycles. The summed E-state index contributed by atoms with van der Waals surface area (Å²) in [6, 6.07) is -0.812. The molecule has 5 heteroatoms. The maximum Gasteiger partial charge on any atom is 0.249 e. The van der Waals surface area contributed by atoms with Crippen molar-refractivity contribution in [2.75, 3.05) is 6.61 Å². The van der Waals surface area contributed by atoms with Gasteiger partial charge in [-0.25, -0.2) is 0 Å². The molecule has 366 valence electrons. The van der Waals surface area contributed by atoms with Gasteiger partial charge in [0.05, 0.1) is 18.8 Å². The second-order valence-electron chi connectivity index (χ2n) is 19.1. The highest BCUT2D eigenvalue weighted by Crippen LogP contribution is 2.17. The molecule has 0 aliphatic carbocycles. The molecule has 0 aliphatic heterocycles. The fraction of sp³-hybridized carbons (Fsp3) is 0.877. The van der Waals surface area contributed by atoms with Crippen LogP contribution in [0.15, 0.2) is 36.5 Å². The van der Waals surface area contributed by atoms with E-state index in [1.54, 1.807) is 6.08 Å². The van der Waals surface area contributed by atoms with Gasteiger partial charge < -0.3 is 20.6 Å². The summed E-state index contributed by atoms with van der Waals surface area (Å²) >= 11 is 0. The predicted octanol–water partition coefficient (Wildman–Crippen LogP) is 17.1. The Hall–Kier alpha value is -1.43. The van der Waals surface area contributed by atoms with Gasteiger partial charge >= 0.3 is 0 Å². The van der Waals surface area contributed by atoms with E-state index in [4.69, 9.17) is 0 Å². The molecule has 0 fully saturated rings. The molecule has 3 unspecified atom stereocenters. The number of unbranched alkanes of at least 4 members (excludes halogenated alkanes) is 39. The number of carbonyl (C=O) groups is 1. The summed E-state index contributed by atoms with van der Waals surface area (Å²) in [6.07, 6.45) is 68.3. The predicted molar refractivity (Wildman–Crippen MR) is 273 cm³/mol. The Balaban J connectivity index is 3.43. The van der Waals surface area contributed by atoms with Crippen LogP contribution in [-0.2, 0) is 4.79 Å². The maximum atomic E-state index is 12.5. The molecule has 0 saturated carbocycles. The molecule has 0 rings (SSSR count). The van der Waals surface area contributed by atoms with Gasteiger partial charge in [0.1, 0.15) is 6.10 Å². The van der Waals surface area contributed by atoms with Gasteiger partial charge in [-0.15, -0.1) is 0 Å². The van der Waals surface area contributed by atoms with E-state index in [0.29, 0.717) is 6.42 Å². The molecular weight excluding hydrogens is 763 g/mol. The molecule has 0 heterocycles. The van der Waals surface area contributed by atoms with Crippen LogP contribution in [0.4, 0.5) is 0 Å². The van der Waals surface area contributed by atoms with Gasteiger partial charge in [-0.3, -0.25) is 4.79 Å². The zero-order chi connectivity index (χ0) is 45.1. The van der Waals surface area contributed by atoms with Crippen LogP contribution in [0.25, 0.3) is 0 Å². The van der Waals surface area contributed by atoms with Crippen molar-refractivity contribution in [1.82, 2.24) is 5.32 Å².